The Labute approximate surface area is 141 Å². The third-order valence-electron chi connectivity index (χ3n) is 4.03. The van der Waals surface area contributed by atoms with Crippen LogP contribution in [0.3, 0.4) is 0 Å². The number of nitrogens with one attached hydrogen (secondary N) is 1. The summed E-state index contributed by atoms with van der Waals surface area (Å²) in [5.74, 6) is -0.399. The van der Waals surface area contributed by atoms with Gasteiger partial charge in [-0.05, 0) is 44.0 Å². The van der Waals surface area contributed by atoms with Gasteiger partial charge in [0, 0.05) is 22.9 Å². The van der Waals surface area contributed by atoms with Gasteiger partial charge in [-0.25, -0.2) is 9.78 Å². The first kappa shape index (κ1) is 16.5. The summed E-state index contributed by atoms with van der Waals surface area (Å²) in [5.41, 5.74) is 3.36. The predicted octanol–water partition coefficient (Wildman–Crippen LogP) is 4.38. The van der Waals surface area contributed by atoms with E-state index < -0.39 is 5.97 Å². The zero-order valence-electron chi connectivity index (χ0n) is 14.3. The normalized spacial score (nSPS) is 12.6. The Morgan fingerprint density at radius 3 is 2.75 bits per heavy atom. The lowest BCUT2D eigenvalue weighted by Gasteiger charge is -2.12. The number of esters is 1. The number of nitrogens with zero attached hydrogens (tertiary/aromatic N) is 1. The van der Waals surface area contributed by atoms with Gasteiger partial charge < -0.3 is 14.5 Å². The van der Waals surface area contributed by atoms with Gasteiger partial charge in [-0.3, -0.25) is 0 Å². The lowest BCUT2D eigenvalue weighted by atomic mass is 10.1. The van der Waals surface area contributed by atoms with E-state index in [0.717, 1.165) is 40.4 Å². The highest BCUT2D eigenvalue weighted by atomic mass is 16.5. The molecule has 2 aromatic heterocycles. The number of pyridine rings is 1. The minimum atomic E-state index is -0.399. The van der Waals surface area contributed by atoms with Gasteiger partial charge in [0.05, 0.1) is 24.4 Å². The summed E-state index contributed by atoms with van der Waals surface area (Å²) in [6, 6.07) is 8.01. The van der Waals surface area contributed by atoms with Gasteiger partial charge in [0.1, 0.15) is 5.69 Å². The molecule has 126 valence electrons. The number of hydrogen-bond acceptors (Lipinski definition) is 4. The van der Waals surface area contributed by atoms with Gasteiger partial charge in [0.25, 0.3) is 0 Å². The Kier molecular flexibility index (Phi) is 4.81. The van der Waals surface area contributed by atoms with Crippen molar-refractivity contribution in [2.24, 2.45) is 0 Å². The van der Waals surface area contributed by atoms with Crippen LogP contribution in [0.5, 0.6) is 0 Å². The summed E-state index contributed by atoms with van der Waals surface area (Å²) in [4.78, 5) is 19.4. The van der Waals surface area contributed by atoms with Gasteiger partial charge in [0.2, 0.25) is 0 Å². The third-order valence-corrected chi connectivity index (χ3v) is 4.03. The third kappa shape index (κ3) is 3.12. The first-order valence-corrected chi connectivity index (χ1v) is 8.34. The molecule has 5 nitrogen and oxygen atoms in total. The largest absolute Gasteiger partial charge is 0.461 e. The Balaban J connectivity index is 2.04. The van der Waals surface area contributed by atoms with E-state index >= 15 is 0 Å². The lowest BCUT2D eigenvalue weighted by molar-refractivity contribution is 0.0519. The maximum atomic E-state index is 11.9. The van der Waals surface area contributed by atoms with Crippen molar-refractivity contribution in [2.45, 2.75) is 33.3 Å². The summed E-state index contributed by atoms with van der Waals surface area (Å²) in [6.45, 7) is 7.01. The minimum Gasteiger partial charge on any atom is -0.461 e. The van der Waals surface area contributed by atoms with Gasteiger partial charge in [-0.15, -0.1) is 0 Å². The highest BCUT2D eigenvalue weighted by Gasteiger charge is 2.13. The van der Waals surface area contributed by atoms with Crippen molar-refractivity contribution < 1.29 is 14.3 Å². The van der Waals surface area contributed by atoms with E-state index in [-0.39, 0.29) is 6.10 Å². The monoisotopic (exact) mass is 326 g/mol. The molecule has 1 atom stereocenters. The maximum Gasteiger partial charge on any atom is 0.356 e. The first-order valence-electron chi connectivity index (χ1n) is 8.34. The number of fused-ring (bicyclic) bond motifs is 3. The van der Waals surface area contributed by atoms with Crippen molar-refractivity contribution in [2.75, 3.05) is 13.2 Å². The number of rotatable bonds is 6. The molecule has 0 saturated carbocycles. The summed E-state index contributed by atoms with van der Waals surface area (Å²) >= 11 is 0. The molecule has 1 N–H and O–H groups in total. The fourth-order valence-corrected chi connectivity index (χ4v) is 2.78. The molecule has 0 amide bonds. The molecule has 1 aromatic carbocycles. The highest BCUT2D eigenvalue weighted by molar-refractivity contribution is 6.08. The first-order chi connectivity index (χ1) is 11.6. The van der Waals surface area contributed by atoms with E-state index in [1.807, 2.05) is 6.07 Å². The van der Waals surface area contributed by atoms with E-state index in [0.29, 0.717) is 12.3 Å². The summed E-state index contributed by atoms with van der Waals surface area (Å²) in [6.07, 6.45) is 2.71. The van der Waals surface area contributed by atoms with E-state index in [2.05, 4.69) is 35.9 Å². The standard InChI is InChI=1S/C19H22N2O3/c1-4-8-24-12(3)13-6-7-16-14(9-13)15-10-17(19(22)23-5-2)20-11-18(15)21-16/h6-7,9-12,21H,4-5,8H2,1-3H3. The number of ether oxygens (including phenoxy) is 2. The van der Waals surface area contributed by atoms with Gasteiger partial charge in [-0.2, -0.15) is 0 Å². The molecular formula is C19H22N2O3. The van der Waals surface area contributed by atoms with Crippen LogP contribution in [0.1, 0.15) is 49.3 Å². The molecule has 1 unspecified atom stereocenters. The van der Waals surface area contributed by atoms with Crippen molar-refractivity contribution in [1.29, 1.82) is 0 Å². The Morgan fingerprint density at radius 1 is 1.21 bits per heavy atom. The second-order valence-corrected chi connectivity index (χ2v) is 5.78. The maximum absolute atomic E-state index is 11.9. The van der Waals surface area contributed by atoms with E-state index in [4.69, 9.17) is 9.47 Å². The fraction of sp³-hybridized carbons (Fsp3) is 0.368. The molecule has 3 aromatic rings. The molecule has 5 heteroatoms. The smallest absolute Gasteiger partial charge is 0.356 e. The second-order valence-electron chi connectivity index (χ2n) is 5.78. The predicted molar refractivity (Wildman–Crippen MR) is 94.2 cm³/mol. The number of aromatic nitrogens is 2. The van der Waals surface area contributed by atoms with Crippen LogP contribution >= 0.6 is 0 Å². The molecular weight excluding hydrogens is 304 g/mol. The number of H-pyrrole nitrogens is 1. The number of benzene rings is 1. The zero-order valence-corrected chi connectivity index (χ0v) is 14.3. The fourth-order valence-electron chi connectivity index (χ4n) is 2.78. The Morgan fingerprint density at radius 2 is 2.00 bits per heavy atom. The zero-order chi connectivity index (χ0) is 17.1. The number of carbonyl (C=O) groups excluding carboxylic acids is 1. The molecule has 0 radical (unpaired) electrons. The Bertz CT molecular complexity index is 870. The number of hydrogen-bond donors (Lipinski definition) is 1. The molecule has 24 heavy (non-hydrogen) atoms. The van der Waals surface area contributed by atoms with Crippen molar-refractivity contribution in [3.8, 4) is 0 Å². The van der Waals surface area contributed by atoms with Crippen LogP contribution in [0.4, 0.5) is 0 Å². The van der Waals surface area contributed by atoms with Crippen LogP contribution < -0.4 is 0 Å². The molecule has 2 heterocycles. The average Bonchev–Trinajstić information content (AvgIpc) is 2.96. The van der Waals surface area contributed by atoms with Crippen molar-refractivity contribution in [3.05, 3.63) is 41.7 Å². The molecule has 0 fully saturated rings. The number of aromatic amines is 1. The topological polar surface area (TPSA) is 64.2 Å². The van der Waals surface area contributed by atoms with Crippen molar-refractivity contribution in [3.63, 3.8) is 0 Å². The quantitative estimate of drug-likeness (QED) is 0.683. The van der Waals surface area contributed by atoms with Gasteiger partial charge in [-0.1, -0.05) is 13.0 Å². The molecule has 0 saturated heterocycles. The van der Waals surface area contributed by atoms with Crippen LogP contribution in [-0.4, -0.2) is 29.2 Å². The molecule has 0 aliphatic rings. The highest BCUT2D eigenvalue weighted by Crippen LogP contribution is 2.29. The van der Waals surface area contributed by atoms with Crippen LogP contribution in [-0.2, 0) is 9.47 Å². The molecule has 0 spiro atoms. The van der Waals surface area contributed by atoms with Gasteiger partial charge in [0.15, 0.2) is 0 Å². The van der Waals surface area contributed by atoms with Crippen LogP contribution in [0.2, 0.25) is 0 Å². The van der Waals surface area contributed by atoms with Crippen molar-refractivity contribution >= 4 is 27.8 Å². The minimum absolute atomic E-state index is 0.0330. The molecule has 0 aliphatic heterocycles. The van der Waals surface area contributed by atoms with Crippen LogP contribution in [0.15, 0.2) is 30.5 Å². The van der Waals surface area contributed by atoms with Crippen LogP contribution in [0.25, 0.3) is 21.8 Å². The lowest BCUT2D eigenvalue weighted by Crippen LogP contribution is -2.06. The van der Waals surface area contributed by atoms with E-state index in [1.165, 1.54) is 0 Å². The Hall–Kier alpha value is -2.40. The summed E-state index contributed by atoms with van der Waals surface area (Å²) in [5, 5.41) is 2.02. The molecule has 0 aliphatic carbocycles. The van der Waals surface area contributed by atoms with Gasteiger partial charge >= 0.3 is 5.97 Å². The van der Waals surface area contributed by atoms with E-state index in [9.17, 15) is 4.79 Å². The average molecular weight is 326 g/mol. The summed E-state index contributed by atoms with van der Waals surface area (Å²) in [7, 11) is 0. The molecule has 3 rings (SSSR count). The SMILES string of the molecule is CCCOC(C)c1ccc2[nH]c3cnc(C(=O)OCC)cc3c2c1. The summed E-state index contributed by atoms with van der Waals surface area (Å²) < 4.78 is 10.9. The van der Waals surface area contributed by atoms with Crippen LogP contribution in [0, 0.1) is 0 Å². The van der Waals surface area contributed by atoms with E-state index in [1.54, 1.807) is 19.2 Å². The number of carbonyl (C=O) groups is 1. The second kappa shape index (κ2) is 7.01. The molecule has 0 bridgehead atoms. The van der Waals surface area contributed by atoms with Crippen molar-refractivity contribution in [1.82, 2.24) is 9.97 Å².